The molecule has 0 radical (unpaired) electrons. The summed E-state index contributed by atoms with van der Waals surface area (Å²) in [5, 5.41) is 8.53. The van der Waals surface area contributed by atoms with Gasteiger partial charge < -0.3 is 10.0 Å². The van der Waals surface area contributed by atoms with E-state index in [9.17, 15) is 9.59 Å². The fourth-order valence-electron chi connectivity index (χ4n) is 1.19. The van der Waals surface area contributed by atoms with Crippen LogP contribution >= 0.6 is 15.9 Å². The van der Waals surface area contributed by atoms with Crippen LogP contribution in [0.4, 0.5) is 0 Å². The smallest absolute Gasteiger partial charge is 0.323 e. The van der Waals surface area contributed by atoms with E-state index < -0.39 is 5.97 Å². The van der Waals surface area contributed by atoms with E-state index in [1.165, 1.54) is 13.1 Å². The molecule has 1 amide bonds. The van der Waals surface area contributed by atoms with Crippen molar-refractivity contribution in [3.63, 3.8) is 0 Å². The zero-order valence-corrected chi connectivity index (χ0v) is 10.8. The predicted molar refractivity (Wildman–Crippen MR) is 68.4 cm³/mol. The second kappa shape index (κ2) is 6.20. The molecular weight excluding hydrogens is 286 g/mol. The molecule has 0 spiro atoms. The number of halogens is 1. The summed E-state index contributed by atoms with van der Waals surface area (Å²) < 4.78 is 0.922. The Morgan fingerprint density at radius 1 is 1.47 bits per heavy atom. The second-order valence-corrected chi connectivity index (χ2v) is 4.39. The number of nitrogens with zero attached hydrogens (tertiary/aromatic N) is 1. The molecule has 0 aliphatic carbocycles. The lowest BCUT2D eigenvalue weighted by atomic mass is 10.2. The summed E-state index contributed by atoms with van der Waals surface area (Å²) in [6.07, 6.45) is 3.00. The maximum Gasteiger partial charge on any atom is 0.323 e. The molecule has 0 bridgehead atoms. The summed E-state index contributed by atoms with van der Waals surface area (Å²) in [5.74, 6) is -1.37. The van der Waals surface area contributed by atoms with Crippen LogP contribution < -0.4 is 0 Å². The molecule has 0 saturated carbocycles. The van der Waals surface area contributed by atoms with Gasteiger partial charge in [0.1, 0.15) is 6.54 Å². The van der Waals surface area contributed by atoms with Crippen molar-refractivity contribution in [2.45, 2.75) is 0 Å². The quantitative estimate of drug-likeness (QED) is 0.865. The Morgan fingerprint density at radius 3 is 2.76 bits per heavy atom. The van der Waals surface area contributed by atoms with Gasteiger partial charge in [-0.05, 0) is 23.8 Å². The lowest BCUT2D eigenvalue weighted by Crippen LogP contribution is -2.30. The van der Waals surface area contributed by atoms with Crippen LogP contribution in [0.15, 0.2) is 34.8 Å². The first-order valence-corrected chi connectivity index (χ1v) is 5.69. The highest BCUT2D eigenvalue weighted by Crippen LogP contribution is 2.12. The summed E-state index contributed by atoms with van der Waals surface area (Å²) in [7, 11) is 1.45. The highest BCUT2D eigenvalue weighted by molar-refractivity contribution is 9.10. The molecule has 1 aromatic carbocycles. The van der Waals surface area contributed by atoms with E-state index >= 15 is 0 Å². The second-order valence-electron chi connectivity index (χ2n) is 3.48. The molecule has 1 aromatic rings. The van der Waals surface area contributed by atoms with Crippen LogP contribution in [0.1, 0.15) is 5.56 Å². The fourth-order valence-corrected chi connectivity index (χ4v) is 1.60. The molecule has 0 aliphatic heterocycles. The Hall–Kier alpha value is -1.62. The largest absolute Gasteiger partial charge is 0.480 e. The maximum atomic E-state index is 11.5. The molecule has 4 nitrogen and oxygen atoms in total. The lowest BCUT2D eigenvalue weighted by Gasteiger charge is -2.11. The van der Waals surface area contributed by atoms with E-state index in [-0.39, 0.29) is 12.5 Å². The Kier molecular flexibility index (Phi) is 4.90. The number of carbonyl (C=O) groups excluding carboxylic acids is 1. The number of amides is 1. The van der Waals surface area contributed by atoms with Gasteiger partial charge >= 0.3 is 5.97 Å². The van der Waals surface area contributed by atoms with Gasteiger partial charge in [-0.25, -0.2) is 0 Å². The van der Waals surface area contributed by atoms with Crippen molar-refractivity contribution in [2.75, 3.05) is 13.6 Å². The van der Waals surface area contributed by atoms with Gasteiger partial charge in [0.2, 0.25) is 5.91 Å². The zero-order chi connectivity index (χ0) is 12.8. The molecule has 1 N–H and O–H groups in total. The van der Waals surface area contributed by atoms with E-state index in [1.54, 1.807) is 6.08 Å². The molecule has 17 heavy (non-hydrogen) atoms. The monoisotopic (exact) mass is 297 g/mol. The lowest BCUT2D eigenvalue weighted by molar-refractivity contribution is -0.141. The van der Waals surface area contributed by atoms with Gasteiger partial charge in [0, 0.05) is 17.6 Å². The summed E-state index contributed by atoms with van der Waals surface area (Å²) in [6, 6.07) is 7.46. The van der Waals surface area contributed by atoms with Crippen molar-refractivity contribution in [2.24, 2.45) is 0 Å². The Bertz CT molecular complexity index is 457. The third-order valence-electron chi connectivity index (χ3n) is 2.02. The minimum Gasteiger partial charge on any atom is -0.480 e. The van der Waals surface area contributed by atoms with Gasteiger partial charge in [-0.15, -0.1) is 0 Å². The molecule has 0 fully saturated rings. The number of hydrogen-bond donors (Lipinski definition) is 1. The maximum absolute atomic E-state index is 11.5. The zero-order valence-electron chi connectivity index (χ0n) is 9.26. The van der Waals surface area contributed by atoms with Crippen LogP contribution in [0.5, 0.6) is 0 Å². The summed E-state index contributed by atoms with van der Waals surface area (Å²) in [4.78, 5) is 23.0. The van der Waals surface area contributed by atoms with Gasteiger partial charge in [0.05, 0.1) is 0 Å². The molecular formula is C12H12BrNO3. The van der Waals surface area contributed by atoms with Crippen LogP contribution in [0.3, 0.4) is 0 Å². The number of carboxylic acid groups (broad SMARTS) is 1. The minimum absolute atomic E-state index is 0.304. The van der Waals surface area contributed by atoms with Crippen molar-refractivity contribution < 1.29 is 14.7 Å². The standard InChI is InChI=1S/C12H12BrNO3/c1-14(8-12(16)17)11(15)6-5-9-3-2-4-10(13)7-9/h2-7H,8H2,1H3,(H,16,17)/b6-5+. The van der Waals surface area contributed by atoms with Crippen molar-refractivity contribution >= 4 is 33.9 Å². The number of rotatable bonds is 4. The number of hydrogen-bond acceptors (Lipinski definition) is 2. The van der Waals surface area contributed by atoms with Crippen molar-refractivity contribution in [1.29, 1.82) is 0 Å². The number of benzene rings is 1. The Balaban J connectivity index is 2.65. The first-order valence-electron chi connectivity index (χ1n) is 4.89. The normalized spacial score (nSPS) is 10.5. The molecule has 0 unspecified atom stereocenters. The van der Waals surface area contributed by atoms with Gasteiger partial charge in [-0.2, -0.15) is 0 Å². The van der Waals surface area contributed by atoms with Crippen molar-refractivity contribution in [1.82, 2.24) is 4.90 Å². The van der Waals surface area contributed by atoms with Crippen LogP contribution in [0, 0.1) is 0 Å². The highest BCUT2D eigenvalue weighted by Gasteiger charge is 2.08. The van der Waals surface area contributed by atoms with E-state index in [1.807, 2.05) is 24.3 Å². The van der Waals surface area contributed by atoms with Gasteiger partial charge in [0.15, 0.2) is 0 Å². The number of likely N-dealkylation sites (N-methyl/N-ethyl adjacent to an activating group) is 1. The van der Waals surface area contributed by atoms with E-state index in [0.29, 0.717) is 0 Å². The van der Waals surface area contributed by atoms with E-state index in [0.717, 1.165) is 14.9 Å². The van der Waals surface area contributed by atoms with Crippen LogP contribution in [-0.2, 0) is 9.59 Å². The highest BCUT2D eigenvalue weighted by atomic mass is 79.9. The molecule has 0 atom stereocenters. The van der Waals surface area contributed by atoms with Crippen LogP contribution in [0.25, 0.3) is 6.08 Å². The third-order valence-corrected chi connectivity index (χ3v) is 2.51. The van der Waals surface area contributed by atoms with Crippen molar-refractivity contribution in [3.05, 3.63) is 40.4 Å². The summed E-state index contributed by atoms with van der Waals surface area (Å²) >= 11 is 3.32. The molecule has 1 rings (SSSR count). The molecule has 0 saturated heterocycles. The third kappa shape index (κ3) is 4.82. The average molecular weight is 298 g/mol. The van der Waals surface area contributed by atoms with Crippen LogP contribution in [-0.4, -0.2) is 35.5 Å². The number of carbonyl (C=O) groups is 2. The average Bonchev–Trinajstić information content (AvgIpc) is 2.25. The van der Waals surface area contributed by atoms with E-state index in [2.05, 4.69) is 15.9 Å². The van der Waals surface area contributed by atoms with Gasteiger partial charge in [-0.1, -0.05) is 28.1 Å². The predicted octanol–water partition coefficient (Wildman–Crippen LogP) is 2.01. The summed E-state index contributed by atoms with van der Waals surface area (Å²) in [5.41, 5.74) is 0.872. The van der Waals surface area contributed by atoms with Crippen LogP contribution in [0.2, 0.25) is 0 Å². The molecule has 0 aliphatic rings. The Morgan fingerprint density at radius 2 is 2.18 bits per heavy atom. The molecule has 90 valence electrons. The first kappa shape index (κ1) is 13.4. The first-order chi connectivity index (χ1) is 7.99. The number of carboxylic acids is 1. The molecule has 0 heterocycles. The SMILES string of the molecule is CN(CC(=O)O)C(=O)/C=C/c1cccc(Br)c1. The molecule has 0 aromatic heterocycles. The van der Waals surface area contributed by atoms with Crippen molar-refractivity contribution in [3.8, 4) is 0 Å². The Labute approximate surface area is 108 Å². The summed E-state index contributed by atoms with van der Waals surface area (Å²) in [6.45, 7) is -0.304. The van der Waals surface area contributed by atoms with Gasteiger partial charge in [0.25, 0.3) is 0 Å². The van der Waals surface area contributed by atoms with E-state index in [4.69, 9.17) is 5.11 Å². The topological polar surface area (TPSA) is 57.6 Å². The molecule has 5 heteroatoms. The number of aliphatic carboxylic acids is 1. The fraction of sp³-hybridized carbons (Fsp3) is 0.167. The minimum atomic E-state index is -1.03. The van der Waals surface area contributed by atoms with Gasteiger partial charge in [-0.3, -0.25) is 9.59 Å².